The van der Waals surface area contributed by atoms with E-state index in [1.165, 1.54) is 12.4 Å². The van der Waals surface area contributed by atoms with Gasteiger partial charge in [-0.3, -0.25) is 14.6 Å². The first-order valence-electron chi connectivity index (χ1n) is 8.19. The first kappa shape index (κ1) is 16.9. The number of rotatable bonds is 5. The number of hydrogen-bond acceptors (Lipinski definition) is 5. The van der Waals surface area contributed by atoms with Gasteiger partial charge in [0.25, 0.3) is 5.91 Å². The zero-order chi connectivity index (χ0) is 17.6. The van der Waals surface area contributed by atoms with Crippen molar-refractivity contribution in [3.05, 3.63) is 48.4 Å². The van der Waals surface area contributed by atoms with Gasteiger partial charge in [0.2, 0.25) is 5.88 Å². The minimum Gasteiger partial charge on any atom is -0.481 e. The number of amides is 1. The first-order chi connectivity index (χ1) is 12.1. The molecular weight excluding hydrogens is 322 g/mol. The fraction of sp³-hybridized carbons (Fsp3) is 0.333. The fourth-order valence-electron chi connectivity index (χ4n) is 2.91. The zero-order valence-electron chi connectivity index (χ0n) is 13.6. The number of carbonyl (C=O) groups excluding carboxylic acids is 1. The van der Waals surface area contributed by atoms with Crippen LogP contribution in [0.25, 0.3) is 0 Å². The minimum absolute atomic E-state index is 0.00710. The second kappa shape index (κ2) is 7.74. The Morgan fingerprint density at radius 2 is 1.96 bits per heavy atom. The summed E-state index contributed by atoms with van der Waals surface area (Å²) in [6.45, 7) is 0. The molecule has 1 aromatic heterocycles. The lowest BCUT2D eigenvalue weighted by Gasteiger charge is -2.26. The summed E-state index contributed by atoms with van der Waals surface area (Å²) in [5.41, 5.74) is 0.488. The van der Waals surface area contributed by atoms with Crippen molar-refractivity contribution in [1.29, 1.82) is 0 Å². The van der Waals surface area contributed by atoms with E-state index in [1.807, 2.05) is 0 Å². The molecule has 1 aromatic carbocycles. The van der Waals surface area contributed by atoms with Crippen LogP contribution in [0, 0.1) is 5.92 Å². The van der Waals surface area contributed by atoms with E-state index < -0.39 is 5.97 Å². The van der Waals surface area contributed by atoms with E-state index in [9.17, 15) is 9.59 Å². The molecule has 7 heteroatoms. The van der Waals surface area contributed by atoms with E-state index in [-0.39, 0.29) is 17.9 Å². The standard InChI is InChI=1S/C18H19N3O4/c22-17(21-14-6-4-12(5-7-14)18(23)24)13-2-1-3-15(10-13)25-16-11-19-8-9-20-16/h1-3,8-12,14H,4-7H2,(H,21,22)(H,23,24). The second-order valence-electron chi connectivity index (χ2n) is 6.03. The topological polar surface area (TPSA) is 101 Å². The number of nitrogens with zero attached hydrogens (tertiary/aromatic N) is 2. The number of benzene rings is 1. The lowest BCUT2D eigenvalue weighted by Crippen LogP contribution is -2.38. The number of carboxylic acids is 1. The zero-order valence-corrected chi connectivity index (χ0v) is 13.6. The maximum atomic E-state index is 12.4. The van der Waals surface area contributed by atoms with Gasteiger partial charge in [0.15, 0.2) is 0 Å². The van der Waals surface area contributed by atoms with Crippen LogP contribution in [0.5, 0.6) is 11.6 Å². The Kier molecular flexibility index (Phi) is 5.23. The number of aromatic nitrogens is 2. The molecule has 0 unspecified atom stereocenters. The van der Waals surface area contributed by atoms with Crippen LogP contribution < -0.4 is 10.1 Å². The average Bonchev–Trinajstić information content (AvgIpc) is 2.63. The molecule has 1 aliphatic rings. The first-order valence-corrected chi connectivity index (χ1v) is 8.19. The molecule has 0 bridgehead atoms. The van der Waals surface area contributed by atoms with E-state index >= 15 is 0 Å². The average molecular weight is 341 g/mol. The fourth-order valence-corrected chi connectivity index (χ4v) is 2.91. The third-order valence-corrected chi connectivity index (χ3v) is 4.27. The van der Waals surface area contributed by atoms with Crippen LogP contribution in [0.4, 0.5) is 0 Å². The molecule has 25 heavy (non-hydrogen) atoms. The van der Waals surface area contributed by atoms with Crippen molar-refractivity contribution in [2.24, 2.45) is 5.92 Å². The molecule has 0 aliphatic heterocycles. The van der Waals surface area contributed by atoms with Gasteiger partial charge in [-0.2, -0.15) is 0 Å². The number of nitrogens with one attached hydrogen (secondary N) is 1. The van der Waals surface area contributed by atoms with Gasteiger partial charge in [-0.1, -0.05) is 6.07 Å². The third-order valence-electron chi connectivity index (χ3n) is 4.27. The predicted molar refractivity (Wildman–Crippen MR) is 89.4 cm³/mol. The second-order valence-corrected chi connectivity index (χ2v) is 6.03. The molecule has 2 N–H and O–H groups in total. The summed E-state index contributed by atoms with van der Waals surface area (Å²) >= 11 is 0. The molecule has 0 saturated heterocycles. The SMILES string of the molecule is O=C(NC1CCC(C(=O)O)CC1)c1cccc(Oc2cnccn2)c1. The molecule has 0 atom stereocenters. The number of hydrogen-bond donors (Lipinski definition) is 2. The van der Waals surface area contributed by atoms with E-state index in [1.54, 1.807) is 30.5 Å². The van der Waals surface area contributed by atoms with Crippen molar-refractivity contribution < 1.29 is 19.4 Å². The Morgan fingerprint density at radius 3 is 2.64 bits per heavy atom. The maximum absolute atomic E-state index is 12.4. The van der Waals surface area contributed by atoms with Crippen molar-refractivity contribution in [3.8, 4) is 11.6 Å². The Morgan fingerprint density at radius 1 is 1.16 bits per heavy atom. The van der Waals surface area contributed by atoms with Crippen LogP contribution in [-0.4, -0.2) is 33.0 Å². The summed E-state index contributed by atoms with van der Waals surface area (Å²) in [7, 11) is 0. The lowest BCUT2D eigenvalue weighted by molar-refractivity contribution is -0.142. The summed E-state index contributed by atoms with van der Waals surface area (Å²) < 4.78 is 5.58. The molecule has 1 saturated carbocycles. The van der Waals surface area contributed by atoms with Crippen molar-refractivity contribution in [2.75, 3.05) is 0 Å². The highest BCUT2D eigenvalue weighted by atomic mass is 16.5. The van der Waals surface area contributed by atoms with Crippen LogP contribution >= 0.6 is 0 Å². The number of carboxylic acid groups (broad SMARTS) is 1. The quantitative estimate of drug-likeness (QED) is 0.867. The van der Waals surface area contributed by atoms with Crippen LogP contribution in [-0.2, 0) is 4.79 Å². The molecule has 3 rings (SSSR count). The van der Waals surface area contributed by atoms with Crippen LogP contribution in [0.3, 0.4) is 0 Å². The Labute approximate surface area is 145 Å². The normalized spacial score (nSPS) is 19.8. The molecule has 130 valence electrons. The molecule has 7 nitrogen and oxygen atoms in total. The highest BCUT2D eigenvalue weighted by Crippen LogP contribution is 2.25. The van der Waals surface area contributed by atoms with E-state index in [0.29, 0.717) is 42.9 Å². The van der Waals surface area contributed by atoms with Gasteiger partial charge in [0.05, 0.1) is 12.1 Å². The molecule has 1 amide bonds. The summed E-state index contributed by atoms with van der Waals surface area (Å²) in [6, 6.07) is 6.84. The summed E-state index contributed by atoms with van der Waals surface area (Å²) in [4.78, 5) is 31.4. The molecule has 2 aromatic rings. The van der Waals surface area contributed by atoms with Crippen LogP contribution in [0.15, 0.2) is 42.9 Å². The molecular formula is C18H19N3O4. The smallest absolute Gasteiger partial charge is 0.306 e. The van der Waals surface area contributed by atoms with Gasteiger partial charge in [0, 0.05) is 24.0 Å². The van der Waals surface area contributed by atoms with Crippen LogP contribution in [0.2, 0.25) is 0 Å². The minimum atomic E-state index is -0.751. The Balaban J connectivity index is 1.59. The summed E-state index contributed by atoms with van der Waals surface area (Å²) in [6.07, 6.45) is 7.12. The molecule has 0 spiro atoms. The van der Waals surface area contributed by atoms with Crippen molar-refractivity contribution >= 4 is 11.9 Å². The van der Waals surface area contributed by atoms with Gasteiger partial charge in [0.1, 0.15) is 5.75 Å². The van der Waals surface area contributed by atoms with Crippen LogP contribution in [0.1, 0.15) is 36.0 Å². The molecule has 1 heterocycles. The van der Waals surface area contributed by atoms with Crippen molar-refractivity contribution in [1.82, 2.24) is 15.3 Å². The highest BCUT2D eigenvalue weighted by Gasteiger charge is 2.26. The van der Waals surface area contributed by atoms with Crippen molar-refractivity contribution in [2.45, 2.75) is 31.7 Å². The van der Waals surface area contributed by atoms with Gasteiger partial charge in [-0.15, -0.1) is 0 Å². The van der Waals surface area contributed by atoms with E-state index in [0.717, 1.165) is 0 Å². The predicted octanol–water partition coefficient (Wildman–Crippen LogP) is 2.64. The molecule has 0 radical (unpaired) electrons. The number of aliphatic carboxylic acids is 1. The highest BCUT2D eigenvalue weighted by molar-refractivity contribution is 5.94. The number of carbonyl (C=O) groups is 2. The lowest BCUT2D eigenvalue weighted by atomic mass is 9.86. The van der Waals surface area contributed by atoms with E-state index in [4.69, 9.17) is 9.84 Å². The molecule has 1 aliphatic carbocycles. The van der Waals surface area contributed by atoms with Gasteiger partial charge >= 0.3 is 5.97 Å². The maximum Gasteiger partial charge on any atom is 0.306 e. The Hall–Kier alpha value is -2.96. The molecule has 1 fully saturated rings. The monoisotopic (exact) mass is 341 g/mol. The largest absolute Gasteiger partial charge is 0.481 e. The Bertz CT molecular complexity index is 743. The van der Waals surface area contributed by atoms with Gasteiger partial charge in [-0.05, 0) is 43.9 Å². The van der Waals surface area contributed by atoms with Crippen molar-refractivity contribution in [3.63, 3.8) is 0 Å². The van der Waals surface area contributed by atoms with E-state index in [2.05, 4.69) is 15.3 Å². The number of ether oxygens (including phenoxy) is 1. The summed E-state index contributed by atoms with van der Waals surface area (Å²) in [5.74, 6) is -0.381. The third kappa shape index (κ3) is 4.53. The van der Waals surface area contributed by atoms with Gasteiger partial charge in [-0.25, -0.2) is 4.98 Å². The summed E-state index contributed by atoms with van der Waals surface area (Å²) in [5, 5.41) is 12.0. The van der Waals surface area contributed by atoms with Gasteiger partial charge < -0.3 is 15.2 Å².